The van der Waals surface area contributed by atoms with Gasteiger partial charge in [0.05, 0.1) is 0 Å². The summed E-state index contributed by atoms with van der Waals surface area (Å²) in [6.45, 7) is 1.73. The summed E-state index contributed by atoms with van der Waals surface area (Å²) in [5.41, 5.74) is 0.698. The van der Waals surface area contributed by atoms with Crippen molar-refractivity contribution in [2.45, 2.75) is 6.92 Å². The second kappa shape index (κ2) is 3.65. The lowest BCUT2D eigenvalue weighted by molar-refractivity contribution is 0.486. The summed E-state index contributed by atoms with van der Waals surface area (Å²) < 4.78 is 26.5. The van der Waals surface area contributed by atoms with Crippen LogP contribution in [0.15, 0.2) is 22.7 Å². The topological polar surface area (TPSA) is 69.4 Å². The van der Waals surface area contributed by atoms with Gasteiger partial charge in [-0.15, -0.1) is 0 Å². The van der Waals surface area contributed by atoms with Crippen molar-refractivity contribution in [3.05, 3.63) is 28.2 Å². The van der Waals surface area contributed by atoms with Crippen LogP contribution in [0.25, 0.3) is 0 Å². The van der Waals surface area contributed by atoms with Gasteiger partial charge in [-0.25, -0.2) is 0 Å². The predicted octanol–water partition coefficient (Wildman–Crippen LogP) is 1.34. The monoisotopic (exact) mass is 265 g/mol. The predicted molar refractivity (Wildman–Crippen MR) is 52.6 cm³/mol. The second-order valence-corrected chi connectivity index (χ2v) is 4.55. The number of rotatable bonds is 2. The highest BCUT2D eigenvalue weighted by Crippen LogP contribution is 2.22. The fourth-order valence-corrected chi connectivity index (χ4v) is 1.74. The molecule has 1 rings (SSSR count). The van der Waals surface area contributed by atoms with Gasteiger partial charge >= 0.3 is 10.3 Å². The van der Waals surface area contributed by atoms with E-state index >= 15 is 0 Å². The molecule has 0 spiro atoms. The molecule has 4 nitrogen and oxygen atoms in total. The Balaban J connectivity index is 3.04. The van der Waals surface area contributed by atoms with Crippen LogP contribution < -0.4 is 9.32 Å². The van der Waals surface area contributed by atoms with E-state index in [0.717, 1.165) is 4.47 Å². The lowest BCUT2D eigenvalue weighted by Gasteiger charge is -2.05. The zero-order valence-corrected chi connectivity index (χ0v) is 9.22. The molecule has 0 bridgehead atoms. The van der Waals surface area contributed by atoms with Gasteiger partial charge in [0, 0.05) is 4.47 Å². The van der Waals surface area contributed by atoms with Crippen LogP contribution in [0.3, 0.4) is 0 Å². The maximum absolute atomic E-state index is 10.6. The molecule has 0 atom stereocenters. The van der Waals surface area contributed by atoms with Crippen LogP contribution in [0.1, 0.15) is 5.56 Å². The molecule has 72 valence electrons. The molecule has 0 amide bonds. The third-order valence-electron chi connectivity index (χ3n) is 1.34. The highest BCUT2D eigenvalue weighted by atomic mass is 79.9. The molecular formula is C7H8BrNO3S. The van der Waals surface area contributed by atoms with Gasteiger partial charge in [0.2, 0.25) is 0 Å². The Kier molecular flexibility index (Phi) is 2.94. The Morgan fingerprint density at radius 2 is 2.08 bits per heavy atom. The highest BCUT2D eigenvalue weighted by molar-refractivity contribution is 9.10. The average molecular weight is 266 g/mol. The van der Waals surface area contributed by atoms with Crippen molar-refractivity contribution in [1.82, 2.24) is 0 Å². The Labute approximate surface area is 85.1 Å². The minimum Gasteiger partial charge on any atom is -0.371 e. The molecule has 0 saturated heterocycles. The van der Waals surface area contributed by atoms with E-state index in [1.807, 2.05) is 0 Å². The van der Waals surface area contributed by atoms with Gasteiger partial charge in [-0.05, 0) is 30.7 Å². The van der Waals surface area contributed by atoms with E-state index in [1.54, 1.807) is 19.1 Å². The number of halogens is 1. The van der Waals surface area contributed by atoms with Gasteiger partial charge in [-0.1, -0.05) is 15.9 Å². The third-order valence-corrected chi connectivity index (χ3v) is 2.25. The van der Waals surface area contributed by atoms with Gasteiger partial charge in [0.1, 0.15) is 5.75 Å². The average Bonchev–Trinajstić information content (AvgIpc) is 1.93. The van der Waals surface area contributed by atoms with Crippen molar-refractivity contribution in [3.63, 3.8) is 0 Å². The highest BCUT2D eigenvalue weighted by Gasteiger charge is 2.07. The summed E-state index contributed by atoms with van der Waals surface area (Å²) >= 11 is 3.24. The van der Waals surface area contributed by atoms with Crippen molar-refractivity contribution in [3.8, 4) is 5.75 Å². The molecule has 1 aromatic carbocycles. The largest absolute Gasteiger partial charge is 0.380 e. The fourth-order valence-electron chi connectivity index (χ4n) is 0.831. The van der Waals surface area contributed by atoms with Gasteiger partial charge in [-0.2, -0.15) is 13.6 Å². The first kappa shape index (κ1) is 10.5. The first-order valence-corrected chi connectivity index (χ1v) is 5.63. The van der Waals surface area contributed by atoms with Crippen molar-refractivity contribution in [2.75, 3.05) is 0 Å². The number of hydrogen-bond acceptors (Lipinski definition) is 3. The van der Waals surface area contributed by atoms with Gasteiger partial charge in [0.25, 0.3) is 0 Å². The van der Waals surface area contributed by atoms with E-state index in [9.17, 15) is 8.42 Å². The molecule has 0 heterocycles. The van der Waals surface area contributed by atoms with Gasteiger partial charge in [0.15, 0.2) is 0 Å². The standard InChI is InChI=1S/C7H8BrNO3S/c1-5-4-6(8)2-3-7(5)12-13(9,10)11/h2-4H,1H3,(H2,9,10,11). The van der Waals surface area contributed by atoms with Crippen LogP contribution in [-0.4, -0.2) is 8.42 Å². The molecule has 6 heteroatoms. The van der Waals surface area contributed by atoms with E-state index < -0.39 is 10.3 Å². The quantitative estimate of drug-likeness (QED) is 0.878. The van der Waals surface area contributed by atoms with Gasteiger partial charge in [-0.3, -0.25) is 0 Å². The van der Waals surface area contributed by atoms with Crippen LogP contribution >= 0.6 is 15.9 Å². The molecule has 0 saturated carbocycles. The first-order chi connectivity index (χ1) is 5.88. The molecule has 0 aromatic heterocycles. The summed E-state index contributed by atoms with van der Waals surface area (Å²) in [5, 5.41) is 4.71. The Morgan fingerprint density at radius 1 is 1.46 bits per heavy atom. The number of nitrogens with two attached hydrogens (primary N) is 1. The maximum atomic E-state index is 10.6. The van der Waals surface area contributed by atoms with Crippen molar-refractivity contribution >= 4 is 26.2 Å². The lowest BCUT2D eigenvalue weighted by atomic mass is 10.2. The molecule has 1 aromatic rings. The molecule has 0 fully saturated rings. The van der Waals surface area contributed by atoms with Crippen LogP contribution in [0.4, 0.5) is 0 Å². The summed E-state index contributed by atoms with van der Waals surface area (Å²) in [5.74, 6) is 0.241. The second-order valence-electron chi connectivity index (χ2n) is 2.49. The number of hydrogen-bond donors (Lipinski definition) is 1. The summed E-state index contributed by atoms with van der Waals surface area (Å²) in [6, 6.07) is 4.94. The molecule has 0 aliphatic rings. The maximum Gasteiger partial charge on any atom is 0.380 e. The summed E-state index contributed by atoms with van der Waals surface area (Å²) in [4.78, 5) is 0. The Morgan fingerprint density at radius 3 is 2.54 bits per heavy atom. The Bertz CT molecular complexity index is 416. The van der Waals surface area contributed by atoms with E-state index in [4.69, 9.17) is 5.14 Å². The smallest absolute Gasteiger partial charge is 0.371 e. The normalized spacial score (nSPS) is 11.3. The van der Waals surface area contributed by atoms with Crippen molar-refractivity contribution in [2.24, 2.45) is 5.14 Å². The van der Waals surface area contributed by atoms with Crippen LogP contribution in [0.2, 0.25) is 0 Å². The first-order valence-electron chi connectivity index (χ1n) is 3.37. The zero-order chi connectivity index (χ0) is 10.1. The van der Waals surface area contributed by atoms with Crippen LogP contribution in [0.5, 0.6) is 5.75 Å². The molecular weight excluding hydrogens is 258 g/mol. The number of aryl methyl sites for hydroxylation is 1. The van der Waals surface area contributed by atoms with Crippen molar-refractivity contribution in [1.29, 1.82) is 0 Å². The third kappa shape index (κ3) is 3.33. The minimum absolute atomic E-state index is 0.241. The van der Waals surface area contributed by atoms with E-state index in [0.29, 0.717) is 5.56 Å². The van der Waals surface area contributed by atoms with E-state index in [2.05, 4.69) is 20.1 Å². The van der Waals surface area contributed by atoms with Crippen molar-refractivity contribution < 1.29 is 12.6 Å². The zero-order valence-electron chi connectivity index (χ0n) is 6.82. The van der Waals surface area contributed by atoms with E-state index in [1.165, 1.54) is 6.07 Å². The molecule has 0 aliphatic carbocycles. The molecule has 2 N–H and O–H groups in total. The number of benzene rings is 1. The van der Waals surface area contributed by atoms with Gasteiger partial charge < -0.3 is 4.18 Å². The lowest BCUT2D eigenvalue weighted by Crippen LogP contribution is -2.19. The minimum atomic E-state index is -3.93. The molecule has 0 unspecified atom stereocenters. The summed E-state index contributed by atoms with van der Waals surface area (Å²) in [7, 11) is -3.93. The van der Waals surface area contributed by atoms with Crippen LogP contribution in [0, 0.1) is 6.92 Å². The molecule has 13 heavy (non-hydrogen) atoms. The SMILES string of the molecule is Cc1cc(Br)ccc1OS(N)(=O)=O. The fraction of sp³-hybridized carbons (Fsp3) is 0.143. The molecule has 0 aliphatic heterocycles. The molecule has 0 radical (unpaired) electrons. The van der Waals surface area contributed by atoms with Crippen LogP contribution in [-0.2, 0) is 10.3 Å². The summed E-state index contributed by atoms with van der Waals surface area (Å²) in [6.07, 6.45) is 0. The Hall–Kier alpha value is -0.590. The van der Waals surface area contributed by atoms with E-state index in [-0.39, 0.29) is 5.75 Å².